The second-order valence-corrected chi connectivity index (χ2v) is 6.16. The van der Waals surface area contributed by atoms with Gasteiger partial charge in [-0.1, -0.05) is 46.2 Å². The van der Waals surface area contributed by atoms with Gasteiger partial charge in [0.15, 0.2) is 0 Å². The zero-order valence-electron chi connectivity index (χ0n) is 12.5. The molecule has 0 aromatic heterocycles. The summed E-state index contributed by atoms with van der Waals surface area (Å²) < 4.78 is 5.59. The van der Waals surface area contributed by atoms with E-state index in [2.05, 4.69) is 19.1 Å². The lowest BCUT2D eigenvalue weighted by Gasteiger charge is -2.31. The Hall–Kier alpha value is -1.06. The van der Waals surface area contributed by atoms with Crippen molar-refractivity contribution in [2.45, 2.75) is 52.7 Å². The van der Waals surface area contributed by atoms with E-state index in [1.54, 1.807) is 0 Å². The summed E-state index contributed by atoms with van der Waals surface area (Å²) in [5, 5.41) is 10.0. The number of aryl methyl sites for hydroxylation is 1. The molecule has 108 valence electrons. The number of ether oxygens (including phenoxy) is 1. The molecule has 1 aromatic rings. The largest absolute Gasteiger partial charge is 0.491 e. The van der Waals surface area contributed by atoms with Crippen LogP contribution >= 0.6 is 0 Å². The van der Waals surface area contributed by atoms with Crippen LogP contribution in [0.15, 0.2) is 24.3 Å². The lowest BCUT2D eigenvalue weighted by Crippen LogP contribution is -2.47. The molecule has 0 spiro atoms. The Balaban J connectivity index is 2.48. The SMILES string of the molecule is CCCc1ccc(OCC(O)C(N)C(C)(C)C)cc1. The van der Waals surface area contributed by atoms with Crippen molar-refractivity contribution in [1.29, 1.82) is 0 Å². The van der Waals surface area contributed by atoms with Gasteiger partial charge in [0, 0.05) is 6.04 Å². The van der Waals surface area contributed by atoms with E-state index < -0.39 is 6.10 Å². The van der Waals surface area contributed by atoms with Crippen molar-refractivity contribution in [2.75, 3.05) is 6.61 Å². The quantitative estimate of drug-likeness (QED) is 0.831. The molecular weight excluding hydrogens is 238 g/mol. The van der Waals surface area contributed by atoms with Crippen LogP contribution in [0.3, 0.4) is 0 Å². The normalized spacial score (nSPS) is 15.1. The highest BCUT2D eigenvalue weighted by atomic mass is 16.5. The third-order valence-electron chi connectivity index (χ3n) is 3.30. The molecule has 0 bridgehead atoms. The Labute approximate surface area is 116 Å². The standard InChI is InChI=1S/C16H27NO2/c1-5-6-12-7-9-13(10-8-12)19-11-14(18)15(17)16(2,3)4/h7-10,14-15,18H,5-6,11,17H2,1-4H3. The van der Waals surface area contributed by atoms with Crippen LogP contribution in [0.2, 0.25) is 0 Å². The number of benzene rings is 1. The molecular formula is C16H27NO2. The first-order chi connectivity index (χ1) is 8.84. The topological polar surface area (TPSA) is 55.5 Å². The average Bonchev–Trinajstić information content (AvgIpc) is 2.36. The van der Waals surface area contributed by atoms with Crippen LogP contribution in [0.5, 0.6) is 5.75 Å². The fourth-order valence-corrected chi connectivity index (χ4v) is 1.90. The molecule has 3 nitrogen and oxygen atoms in total. The molecule has 3 heteroatoms. The summed E-state index contributed by atoms with van der Waals surface area (Å²) in [5.41, 5.74) is 7.17. The Kier molecular flexibility index (Phi) is 5.83. The van der Waals surface area contributed by atoms with Crippen LogP contribution in [0, 0.1) is 5.41 Å². The monoisotopic (exact) mass is 265 g/mol. The lowest BCUT2D eigenvalue weighted by atomic mass is 9.84. The second-order valence-electron chi connectivity index (χ2n) is 6.16. The zero-order chi connectivity index (χ0) is 14.5. The highest BCUT2D eigenvalue weighted by Crippen LogP contribution is 2.21. The Morgan fingerprint density at radius 2 is 1.79 bits per heavy atom. The Bertz CT molecular complexity index is 367. The van der Waals surface area contributed by atoms with Crippen molar-refractivity contribution in [3.8, 4) is 5.75 Å². The Morgan fingerprint density at radius 1 is 1.21 bits per heavy atom. The summed E-state index contributed by atoms with van der Waals surface area (Å²) in [6.45, 7) is 8.43. The predicted molar refractivity (Wildman–Crippen MR) is 79.4 cm³/mol. The molecule has 0 radical (unpaired) electrons. The van der Waals surface area contributed by atoms with Gasteiger partial charge in [0.25, 0.3) is 0 Å². The van der Waals surface area contributed by atoms with E-state index in [1.165, 1.54) is 5.56 Å². The van der Waals surface area contributed by atoms with E-state index >= 15 is 0 Å². The average molecular weight is 265 g/mol. The van der Waals surface area contributed by atoms with Gasteiger partial charge in [-0.2, -0.15) is 0 Å². The van der Waals surface area contributed by atoms with Gasteiger partial charge in [0.2, 0.25) is 0 Å². The minimum Gasteiger partial charge on any atom is -0.491 e. The van der Waals surface area contributed by atoms with Crippen LogP contribution in [0.1, 0.15) is 39.7 Å². The van der Waals surface area contributed by atoms with Gasteiger partial charge in [-0.25, -0.2) is 0 Å². The molecule has 1 aromatic carbocycles. The van der Waals surface area contributed by atoms with E-state index in [-0.39, 0.29) is 18.1 Å². The van der Waals surface area contributed by atoms with E-state index in [9.17, 15) is 5.11 Å². The Morgan fingerprint density at radius 3 is 2.26 bits per heavy atom. The number of aliphatic hydroxyl groups excluding tert-OH is 1. The van der Waals surface area contributed by atoms with Gasteiger partial charge in [0.1, 0.15) is 18.5 Å². The highest BCUT2D eigenvalue weighted by Gasteiger charge is 2.27. The van der Waals surface area contributed by atoms with Gasteiger partial charge in [-0.3, -0.25) is 0 Å². The van der Waals surface area contributed by atoms with Gasteiger partial charge in [-0.15, -0.1) is 0 Å². The minimum atomic E-state index is -0.657. The fourth-order valence-electron chi connectivity index (χ4n) is 1.90. The van der Waals surface area contributed by atoms with E-state index in [0.29, 0.717) is 0 Å². The first kappa shape index (κ1) is 16.0. The maximum atomic E-state index is 10.0. The fraction of sp³-hybridized carbons (Fsp3) is 0.625. The maximum absolute atomic E-state index is 10.0. The number of rotatable bonds is 6. The van der Waals surface area contributed by atoms with Crippen LogP contribution in [0.4, 0.5) is 0 Å². The molecule has 0 aliphatic rings. The van der Waals surface area contributed by atoms with Gasteiger partial charge in [0.05, 0.1) is 0 Å². The maximum Gasteiger partial charge on any atom is 0.119 e. The number of aliphatic hydroxyl groups is 1. The first-order valence-electron chi connectivity index (χ1n) is 7.00. The summed E-state index contributed by atoms with van der Waals surface area (Å²) in [5.74, 6) is 0.778. The molecule has 0 fully saturated rings. The molecule has 19 heavy (non-hydrogen) atoms. The lowest BCUT2D eigenvalue weighted by molar-refractivity contribution is 0.0496. The van der Waals surface area contributed by atoms with Crippen molar-refractivity contribution >= 4 is 0 Å². The molecule has 0 aliphatic carbocycles. The number of nitrogens with two attached hydrogens (primary N) is 1. The van der Waals surface area contributed by atoms with Crippen molar-refractivity contribution in [2.24, 2.45) is 11.1 Å². The molecule has 0 heterocycles. The summed E-state index contributed by atoms with van der Waals surface area (Å²) in [6, 6.07) is 7.72. The molecule has 3 N–H and O–H groups in total. The van der Waals surface area contributed by atoms with E-state index in [1.807, 2.05) is 32.9 Å². The highest BCUT2D eigenvalue weighted by molar-refractivity contribution is 5.27. The van der Waals surface area contributed by atoms with Crippen molar-refractivity contribution in [3.63, 3.8) is 0 Å². The summed E-state index contributed by atoms with van der Waals surface area (Å²) in [7, 11) is 0. The van der Waals surface area contributed by atoms with Crippen molar-refractivity contribution in [3.05, 3.63) is 29.8 Å². The van der Waals surface area contributed by atoms with Crippen LogP contribution in [-0.2, 0) is 6.42 Å². The first-order valence-corrected chi connectivity index (χ1v) is 7.00. The summed E-state index contributed by atoms with van der Waals surface area (Å²) in [6.07, 6.45) is 1.56. The molecule has 0 saturated carbocycles. The number of hydrogen-bond acceptors (Lipinski definition) is 3. The van der Waals surface area contributed by atoms with Gasteiger partial charge in [-0.05, 0) is 29.5 Å². The van der Waals surface area contributed by atoms with Gasteiger partial charge >= 0.3 is 0 Å². The van der Waals surface area contributed by atoms with Crippen molar-refractivity contribution in [1.82, 2.24) is 0 Å². The van der Waals surface area contributed by atoms with Crippen LogP contribution in [0.25, 0.3) is 0 Å². The molecule has 0 aliphatic heterocycles. The van der Waals surface area contributed by atoms with E-state index in [0.717, 1.165) is 18.6 Å². The van der Waals surface area contributed by atoms with E-state index in [4.69, 9.17) is 10.5 Å². The second kappa shape index (κ2) is 6.92. The third kappa shape index (κ3) is 5.21. The number of hydrogen-bond donors (Lipinski definition) is 2. The smallest absolute Gasteiger partial charge is 0.119 e. The molecule has 2 unspecified atom stereocenters. The predicted octanol–water partition coefficient (Wildman–Crippen LogP) is 2.75. The molecule has 2 atom stereocenters. The van der Waals surface area contributed by atoms with Crippen LogP contribution < -0.4 is 10.5 Å². The molecule has 0 amide bonds. The molecule has 0 saturated heterocycles. The summed E-state index contributed by atoms with van der Waals surface area (Å²) >= 11 is 0. The molecule has 1 rings (SSSR count). The van der Waals surface area contributed by atoms with Crippen LogP contribution in [-0.4, -0.2) is 23.9 Å². The van der Waals surface area contributed by atoms with Gasteiger partial charge < -0.3 is 15.6 Å². The minimum absolute atomic E-state index is 0.131. The summed E-state index contributed by atoms with van der Waals surface area (Å²) in [4.78, 5) is 0. The zero-order valence-corrected chi connectivity index (χ0v) is 12.5. The van der Waals surface area contributed by atoms with Crippen molar-refractivity contribution < 1.29 is 9.84 Å². The third-order valence-corrected chi connectivity index (χ3v) is 3.30.